The Morgan fingerprint density at radius 3 is 2.64 bits per heavy atom. The van der Waals surface area contributed by atoms with E-state index in [9.17, 15) is 24.3 Å². The number of hydrogen-bond donors (Lipinski definition) is 3. The van der Waals surface area contributed by atoms with Gasteiger partial charge < -0.3 is 20.1 Å². The summed E-state index contributed by atoms with van der Waals surface area (Å²) in [5.41, 5.74) is 1.20. The number of carbonyl (C=O) groups excluding carboxylic acids is 4. The lowest BCUT2D eigenvalue weighted by Crippen LogP contribution is -2.49. The van der Waals surface area contributed by atoms with Crippen LogP contribution in [0.5, 0.6) is 0 Å². The summed E-state index contributed by atoms with van der Waals surface area (Å²) in [6.07, 6.45) is 5.60. The molecule has 3 rings (SSSR count). The number of aldehydes is 1. The summed E-state index contributed by atoms with van der Waals surface area (Å²) in [5, 5.41) is 16.0. The van der Waals surface area contributed by atoms with E-state index in [1.54, 1.807) is 17.5 Å². The number of benzene rings is 1. The number of thiol groups is 1. The van der Waals surface area contributed by atoms with Crippen molar-refractivity contribution >= 4 is 47.8 Å². The van der Waals surface area contributed by atoms with Gasteiger partial charge in [0, 0.05) is 47.0 Å². The molecule has 0 saturated carbocycles. The quantitative estimate of drug-likeness (QED) is 0.102. The third-order valence-electron chi connectivity index (χ3n) is 9.56. The predicted octanol–water partition coefficient (Wildman–Crippen LogP) is 5.45. The fourth-order valence-electron chi connectivity index (χ4n) is 6.56. The normalized spacial score (nSPS) is 18.7. The summed E-state index contributed by atoms with van der Waals surface area (Å²) in [7, 11) is 1.96. The molecule has 9 nitrogen and oxygen atoms in total. The Balaban J connectivity index is 1.69. The number of Topliss-reactive ketones (excluding diaryl/α,β-unsaturated/α-hetero) is 1. The van der Waals surface area contributed by atoms with E-state index < -0.39 is 12.6 Å². The van der Waals surface area contributed by atoms with Gasteiger partial charge in [-0.2, -0.15) is 0 Å². The van der Waals surface area contributed by atoms with Gasteiger partial charge in [-0.1, -0.05) is 53.2 Å². The molecule has 1 aromatic carbocycles. The van der Waals surface area contributed by atoms with Crippen LogP contribution in [0.3, 0.4) is 0 Å². The molecule has 2 amide bonds. The van der Waals surface area contributed by atoms with Gasteiger partial charge in [-0.05, 0) is 75.2 Å². The molecular formula is C36H54N4O5S2. The summed E-state index contributed by atoms with van der Waals surface area (Å²) < 4.78 is 7.87. The Morgan fingerprint density at radius 1 is 1.30 bits per heavy atom. The maximum absolute atomic E-state index is 14.0. The molecule has 1 saturated heterocycles. The zero-order valence-electron chi connectivity index (χ0n) is 29.8. The van der Waals surface area contributed by atoms with Crippen molar-refractivity contribution in [3.05, 3.63) is 45.9 Å². The molecule has 6 unspecified atom stereocenters. The van der Waals surface area contributed by atoms with Crippen LogP contribution < -0.4 is 5.32 Å². The topological polar surface area (TPSA) is 120 Å². The number of aryl methyl sites for hydroxylation is 1. The van der Waals surface area contributed by atoms with Gasteiger partial charge in [-0.15, -0.1) is 24.0 Å². The largest absolute Gasteiger partial charge is 0.376 e. The van der Waals surface area contributed by atoms with Crippen LogP contribution >= 0.6 is 24.0 Å². The van der Waals surface area contributed by atoms with Crippen LogP contribution in [0, 0.1) is 23.7 Å². The van der Waals surface area contributed by atoms with Crippen LogP contribution in [0.2, 0.25) is 0 Å². The van der Waals surface area contributed by atoms with E-state index in [4.69, 9.17) is 1.37 Å². The smallest absolute Gasteiger partial charge is 0.270 e. The summed E-state index contributed by atoms with van der Waals surface area (Å²) >= 11 is 5.73. The highest BCUT2D eigenvalue weighted by molar-refractivity contribution is 7.80. The number of aromatic nitrogens is 1. The maximum atomic E-state index is 14.0. The Hall–Kier alpha value is -2.60. The highest BCUT2D eigenvalue weighted by atomic mass is 32.1. The average Bonchev–Trinajstić information content (AvgIpc) is 3.71. The average molecular weight is 689 g/mol. The summed E-state index contributed by atoms with van der Waals surface area (Å²) in [6.45, 7) is 10.3. The highest BCUT2D eigenvalue weighted by Crippen LogP contribution is 2.29. The number of rotatable bonds is 19. The molecule has 2 aromatic rings. The molecule has 6 atom stereocenters. The number of thiazole rings is 1. The monoisotopic (exact) mass is 688 g/mol. The Kier molecular flexibility index (Phi) is 14.9. The minimum absolute atomic E-state index is 0.00891. The van der Waals surface area contributed by atoms with Crippen molar-refractivity contribution in [1.29, 1.82) is 0 Å². The number of nitrogens with zero attached hydrogens (tertiary/aromatic N) is 3. The molecule has 260 valence electrons. The van der Waals surface area contributed by atoms with Gasteiger partial charge in [0.1, 0.15) is 18.7 Å². The predicted molar refractivity (Wildman–Crippen MR) is 190 cm³/mol. The first-order chi connectivity index (χ1) is 22.8. The van der Waals surface area contributed by atoms with Gasteiger partial charge in [-0.25, -0.2) is 4.98 Å². The molecule has 0 bridgehead atoms. The van der Waals surface area contributed by atoms with Crippen LogP contribution in [-0.4, -0.2) is 82.2 Å². The van der Waals surface area contributed by atoms with Crippen molar-refractivity contribution in [3.63, 3.8) is 0 Å². The van der Waals surface area contributed by atoms with Gasteiger partial charge in [-0.3, -0.25) is 19.3 Å². The van der Waals surface area contributed by atoms with Crippen LogP contribution in [0.25, 0.3) is 0 Å². The third-order valence-corrected chi connectivity index (χ3v) is 10.7. The molecule has 1 aromatic heterocycles. The van der Waals surface area contributed by atoms with Crippen LogP contribution in [0.4, 0.5) is 0 Å². The minimum Gasteiger partial charge on any atom is -0.376 e. The van der Waals surface area contributed by atoms with Crippen LogP contribution in [0.1, 0.15) is 95.6 Å². The second-order valence-electron chi connectivity index (χ2n) is 13.5. The fourth-order valence-corrected chi connectivity index (χ4v) is 7.59. The van der Waals surface area contributed by atoms with E-state index in [-0.39, 0.29) is 59.9 Å². The minimum atomic E-state index is -0.501. The number of likely N-dealkylation sites (tertiary alicyclic amines) is 1. The Morgan fingerprint density at radius 2 is 2.04 bits per heavy atom. The molecule has 1 fully saturated rings. The summed E-state index contributed by atoms with van der Waals surface area (Å²) in [4.78, 5) is 60.8. The van der Waals surface area contributed by atoms with Gasteiger partial charge in [0.2, 0.25) is 5.91 Å². The second kappa shape index (κ2) is 18.8. The molecule has 2 N–H and O–H groups in total. The molecule has 47 heavy (non-hydrogen) atoms. The van der Waals surface area contributed by atoms with Crippen molar-refractivity contribution in [2.75, 3.05) is 20.3 Å². The number of aliphatic hydroxyl groups is 1. The van der Waals surface area contributed by atoms with Gasteiger partial charge in [0.25, 0.3) is 5.91 Å². The van der Waals surface area contributed by atoms with Crippen molar-refractivity contribution in [2.24, 2.45) is 23.7 Å². The first kappa shape index (κ1) is 37.2. The van der Waals surface area contributed by atoms with Gasteiger partial charge in [0.05, 0.1) is 12.4 Å². The SMILES string of the molecule is [3H]c1ccc(CC(CC(C)C=O)NC(=O)c2csc(CCC(C(C)C)N(CO)C(=O)C(CC(=O)C3CCCN3C)C(C)CC)n2)cc1S. The number of carbonyl (C=O) groups is 4. The summed E-state index contributed by atoms with van der Waals surface area (Å²) in [6, 6.07) is 4.88. The molecule has 1 aliphatic rings. The lowest BCUT2D eigenvalue weighted by molar-refractivity contribution is -0.148. The molecule has 0 radical (unpaired) electrons. The van der Waals surface area contributed by atoms with E-state index in [2.05, 4.69) is 27.8 Å². The van der Waals surface area contributed by atoms with Crippen molar-refractivity contribution in [3.8, 4) is 0 Å². The van der Waals surface area contributed by atoms with E-state index in [0.29, 0.717) is 42.3 Å². The van der Waals surface area contributed by atoms with E-state index in [1.165, 1.54) is 16.2 Å². The molecule has 2 heterocycles. The fraction of sp³-hybridized carbons (Fsp3) is 0.639. The first-order valence-electron chi connectivity index (χ1n) is 17.4. The molecular weight excluding hydrogens is 633 g/mol. The molecule has 0 aliphatic carbocycles. The van der Waals surface area contributed by atoms with Gasteiger partial charge in [0.15, 0.2) is 5.78 Å². The zero-order valence-corrected chi connectivity index (χ0v) is 30.5. The van der Waals surface area contributed by atoms with E-state index in [1.807, 2.05) is 47.7 Å². The third kappa shape index (κ3) is 11.2. The Bertz CT molecular complexity index is 1390. The van der Waals surface area contributed by atoms with E-state index in [0.717, 1.165) is 42.7 Å². The first-order valence-corrected chi connectivity index (χ1v) is 18.2. The molecule has 0 spiro atoms. The highest BCUT2D eigenvalue weighted by Gasteiger charge is 2.37. The van der Waals surface area contributed by atoms with E-state index >= 15 is 0 Å². The molecule has 11 heteroatoms. The maximum Gasteiger partial charge on any atom is 0.270 e. The van der Waals surface area contributed by atoms with Crippen molar-refractivity contribution in [2.45, 2.75) is 109 Å². The van der Waals surface area contributed by atoms with Crippen LogP contribution in [-0.2, 0) is 27.2 Å². The standard InChI is InChI=1S/C36H54N4O5S2/c1-7-25(5)29(19-33(43)32-12-9-15-39(32)6)36(45)40(22-42)31(23(2)3)13-14-34-38-30(21-47-34)35(44)37-27(16-24(4)20-41)17-26-10-8-11-28(46)18-26/h8,10-11,18,20-21,23-25,27,29,31-32,42,46H,7,9,12-17,19,22H2,1-6H3,(H,37,44)/i11T. The number of hydrogen-bond acceptors (Lipinski definition) is 9. The van der Waals surface area contributed by atoms with Crippen molar-refractivity contribution in [1.82, 2.24) is 20.1 Å². The number of aliphatic hydroxyl groups excluding tert-OH is 1. The zero-order chi connectivity index (χ0) is 35.5. The number of amides is 2. The van der Waals surface area contributed by atoms with Crippen LogP contribution in [0.15, 0.2) is 34.5 Å². The summed E-state index contributed by atoms with van der Waals surface area (Å²) in [5.74, 6) is -1.13. The lowest BCUT2D eigenvalue weighted by atomic mass is 9.83. The second-order valence-corrected chi connectivity index (χ2v) is 15.0. The number of ketones is 1. The Labute approximate surface area is 291 Å². The van der Waals surface area contributed by atoms with Gasteiger partial charge >= 0.3 is 0 Å². The molecule has 1 aliphatic heterocycles. The number of likely N-dealkylation sites (N-methyl/N-ethyl adjacent to an activating group) is 1. The number of nitrogens with one attached hydrogen (secondary N) is 1. The lowest BCUT2D eigenvalue weighted by Gasteiger charge is -2.37. The van der Waals surface area contributed by atoms with Crippen molar-refractivity contribution < 1.29 is 25.7 Å².